The van der Waals surface area contributed by atoms with Crippen LogP contribution in [0.25, 0.3) is 0 Å². The summed E-state index contributed by atoms with van der Waals surface area (Å²) in [4.78, 5) is 0. The predicted octanol–water partition coefficient (Wildman–Crippen LogP) is 3.73. The maximum atomic E-state index is 13.0. The van der Waals surface area contributed by atoms with E-state index in [4.69, 9.17) is 0 Å². The van der Waals surface area contributed by atoms with Gasteiger partial charge in [0.05, 0.1) is 10.3 Å². The molecule has 0 N–H and O–H groups in total. The molecule has 2 nitrogen and oxygen atoms in total. The van der Waals surface area contributed by atoms with Crippen molar-refractivity contribution in [2.45, 2.75) is 31.7 Å². The maximum absolute atomic E-state index is 13.0. The predicted molar refractivity (Wildman–Crippen MR) is 66.9 cm³/mol. The standard InChI is InChI=1S/C12H13F4NOS/c1-11(2,3)19(18)17-7-8-4-5-10(13)9(6-8)12(14,15)16/h4-7H,1-3H3/t19-/m0/s1. The molecule has 0 heterocycles. The van der Waals surface area contributed by atoms with Crippen LogP contribution in [0.1, 0.15) is 31.9 Å². The van der Waals surface area contributed by atoms with Crippen molar-refractivity contribution in [3.8, 4) is 0 Å². The van der Waals surface area contributed by atoms with Crippen LogP contribution in [-0.4, -0.2) is 15.2 Å². The smallest absolute Gasteiger partial charge is 0.234 e. The largest absolute Gasteiger partial charge is 0.419 e. The Balaban J connectivity index is 3.05. The molecule has 1 atom stereocenters. The molecule has 0 spiro atoms. The molecule has 1 aromatic carbocycles. The van der Waals surface area contributed by atoms with Gasteiger partial charge in [-0.1, -0.05) is 6.07 Å². The molecule has 0 unspecified atom stereocenters. The summed E-state index contributed by atoms with van der Waals surface area (Å²) in [5.41, 5.74) is -1.32. The molecular weight excluding hydrogens is 282 g/mol. The number of alkyl halides is 3. The van der Waals surface area contributed by atoms with E-state index in [0.29, 0.717) is 12.1 Å². The molecule has 0 saturated carbocycles. The van der Waals surface area contributed by atoms with Gasteiger partial charge in [0.15, 0.2) is 0 Å². The van der Waals surface area contributed by atoms with E-state index < -0.39 is 33.3 Å². The fourth-order valence-electron chi connectivity index (χ4n) is 1.11. The lowest BCUT2D eigenvalue weighted by atomic mass is 10.1. The summed E-state index contributed by atoms with van der Waals surface area (Å²) < 4.78 is 65.1. The minimum absolute atomic E-state index is 0.0475. The second-order valence-corrected chi connectivity index (χ2v) is 6.77. The van der Waals surface area contributed by atoms with E-state index in [0.717, 1.165) is 12.3 Å². The van der Waals surface area contributed by atoms with Crippen molar-refractivity contribution < 1.29 is 21.8 Å². The van der Waals surface area contributed by atoms with Crippen molar-refractivity contribution in [2.75, 3.05) is 0 Å². The van der Waals surface area contributed by atoms with Crippen molar-refractivity contribution in [1.82, 2.24) is 0 Å². The van der Waals surface area contributed by atoms with Gasteiger partial charge in [-0.3, -0.25) is 0 Å². The molecule has 1 aromatic rings. The third-order valence-corrected chi connectivity index (χ3v) is 3.46. The first-order valence-electron chi connectivity index (χ1n) is 5.34. The first-order chi connectivity index (χ1) is 8.51. The lowest BCUT2D eigenvalue weighted by Gasteiger charge is -2.13. The minimum Gasteiger partial charge on any atom is -0.234 e. The summed E-state index contributed by atoms with van der Waals surface area (Å²) in [5, 5.41) is 0. The van der Waals surface area contributed by atoms with Gasteiger partial charge >= 0.3 is 6.18 Å². The molecule has 0 bridgehead atoms. The van der Waals surface area contributed by atoms with Crippen LogP contribution in [0, 0.1) is 5.82 Å². The number of hydrogen-bond acceptors (Lipinski definition) is 1. The van der Waals surface area contributed by atoms with E-state index in [2.05, 4.69) is 4.40 Å². The van der Waals surface area contributed by atoms with E-state index in [9.17, 15) is 21.8 Å². The van der Waals surface area contributed by atoms with Gasteiger partial charge in [-0.05, 0) is 38.5 Å². The number of halogens is 4. The summed E-state index contributed by atoms with van der Waals surface area (Å²) in [6.45, 7) is 5.06. The Morgan fingerprint density at radius 3 is 2.26 bits per heavy atom. The van der Waals surface area contributed by atoms with Gasteiger partial charge in [0, 0.05) is 6.21 Å². The zero-order chi connectivity index (χ0) is 14.8. The van der Waals surface area contributed by atoms with Gasteiger partial charge in [0.2, 0.25) is 0 Å². The highest BCUT2D eigenvalue weighted by atomic mass is 32.2. The van der Waals surface area contributed by atoms with Gasteiger partial charge in [0.1, 0.15) is 16.8 Å². The van der Waals surface area contributed by atoms with Crippen LogP contribution in [0.3, 0.4) is 0 Å². The van der Waals surface area contributed by atoms with Crippen LogP contribution < -0.4 is 0 Å². The summed E-state index contributed by atoms with van der Waals surface area (Å²) in [6, 6.07) is 2.50. The van der Waals surface area contributed by atoms with Crippen LogP contribution in [0.15, 0.2) is 22.6 Å². The first-order valence-corrected chi connectivity index (χ1v) is 6.45. The molecule has 19 heavy (non-hydrogen) atoms. The SMILES string of the molecule is CC(C)(C)[S@](=O)N=Cc1ccc(F)c(C(F)(F)F)c1. The Hall–Kier alpha value is -1.24. The van der Waals surface area contributed by atoms with Crippen molar-refractivity contribution in [2.24, 2.45) is 4.40 Å². The van der Waals surface area contributed by atoms with E-state index in [1.54, 1.807) is 20.8 Å². The van der Waals surface area contributed by atoms with Crippen LogP contribution in [0.4, 0.5) is 17.6 Å². The molecule has 0 aliphatic heterocycles. The summed E-state index contributed by atoms with van der Waals surface area (Å²) in [6.07, 6.45) is -3.72. The van der Waals surface area contributed by atoms with Crippen LogP contribution >= 0.6 is 0 Å². The number of benzene rings is 1. The Morgan fingerprint density at radius 2 is 1.79 bits per heavy atom. The Morgan fingerprint density at radius 1 is 1.21 bits per heavy atom. The van der Waals surface area contributed by atoms with E-state index in [1.807, 2.05) is 0 Å². The second-order valence-electron chi connectivity index (χ2n) is 4.83. The summed E-state index contributed by atoms with van der Waals surface area (Å²) in [5.74, 6) is -1.35. The third-order valence-electron chi connectivity index (χ3n) is 2.12. The molecule has 0 fully saturated rings. The molecule has 0 aliphatic carbocycles. The number of rotatable bonds is 2. The van der Waals surface area contributed by atoms with Crippen molar-refractivity contribution in [3.05, 3.63) is 35.1 Å². The van der Waals surface area contributed by atoms with Gasteiger partial charge in [0.25, 0.3) is 0 Å². The Kier molecular flexibility index (Phi) is 4.50. The molecule has 0 aliphatic rings. The fraction of sp³-hybridized carbons (Fsp3) is 0.417. The zero-order valence-corrected chi connectivity index (χ0v) is 11.4. The van der Waals surface area contributed by atoms with Crippen LogP contribution in [0.5, 0.6) is 0 Å². The molecule has 0 radical (unpaired) electrons. The molecule has 106 valence electrons. The van der Waals surface area contributed by atoms with Crippen LogP contribution in [0.2, 0.25) is 0 Å². The van der Waals surface area contributed by atoms with Gasteiger partial charge in [-0.25, -0.2) is 8.60 Å². The Labute approximate surface area is 111 Å². The lowest BCUT2D eigenvalue weighted by molar-refractivity contribution is -0.140. The zero-order valence-electron chi connectivity index (χ0n) is 10.6. The van der Waals surface area contributed by atoms with Crippen molar-refractivity contribution in [3.63, 3.8) is 0 Å². The third kappa shape index (κ3) is 4.41. The first kappa shape index (κ1) is 15.8. The van der Waals surface area contributed by atoms with E-state index in [1.165, 1.54) is 0 Å². The van der Waals surface area contributed by atoms with E-state index >= 15 is 0 Å². The molecule has 0 amide bonds. The maximum Gasteiger partial charge on any atom is 0.419 e. The summed E-state index contributed by atoms with van der Waals surface area (Å²) >= 11 is 0. The molecule has 1 rings (SSSR count). The average Bonchev–Trinajstić information content (AvgIpc) is 2.24. The molecule has 7 heteroatoms. The molecular formula is C12H13F4NOS. The lowest BCUT2D eigenvalue weighted by Crippen LogP contribution is -2.19. The van der Waals surface area contributed by atoms with Gasteiger partial charge in [-0.2, -0.15) is 17.6 Å². The average molecular weight is 295 g/mol. The monoisotopic (exact) mass is 295 g/mol. The number of nitrogens with zero attached hydrogens (tertiary/aromatic N) is 1. The topological polar surface area (TPSA) is 29.4 Å². The fourth-order valence-corrected chi connectivity index (χ4v) is 1.64. The Bertz CT molecular complexity index is 517. The second kappa shape index (κ2) is 5.40. The molecule has 0 aromatic heterocycles. The highest BCUT2D eigenvalue weighted by Gasteiger charge is 2.34. The summed E-state index contributed by atoms with van der Waals surface area (Å²) in [7, 11) is -1.58. The van der Waals surface area contributed by atoms with Gasteiger partial charge < -0.3 is 0 Å². The quantitative estimate of drug-likeness (QED) is 0.604. The minimum atomic E-state index is -4.77. The number of hydrogen-bond donors (Lipinski definition) is 0. The van der Waals surface area contributed by atoms with Crippen LogP contribution in [-0.2, 0) is 17.2 Å². The highest BCUT2D eigenvalue weighted by molar-refractivity contribution is 7.85. The van der Waals surface area contributed by atoms with Crippen molar-refractivity contribution >= 4 is 17.2 Å². The van der Waals surface area contributed by atoms with E-state index in [-0.39, 0.29) is 5.56 Å². The van der Waals surface area contributed by atoms with Gasteiger partial charge in [-0.15, -0.1) is 0 Å². The molecule has 0 saturated heterocycles. The highest BCUT2D eigenvalue weighted by Crippen LogP contribution is 2.31. The van der Waals surface area contributed by atoms with Crippen molar-refractivity contribution in [1.29, 1.82) is 0 Å². The normalized spacial score (nSPS) is 14.9.